The first kappa shape index (κ1) is 12.4. The van der Waals surface area contributed by atoms with E-state index in [4.69, 9.17) is 0 Å². The molecule has 0 aliphatic carbocycles. The van der Waals surface area contributed by atoms with E-state index in [2.05, 4.69) is 34.3 Å². The Hall–Kier alpha value is -2.10. The van der Waals surface area contributed by atoms with Gasteiger partial charge in [-0.05, 0) is 25.3 Å². The summed E-state index contributed by atoms with van der Waals surface area (Å²) in [6.45, 7) is 2.09. The first-order chi connectivity index (χ1) is 8.74. The van der Waals surface area contributed by atoms with Crippen LogP contribution in [0.1, 0.15) is 18.9 Å². The fraction of sp³-hybridized carbons (Fsp3) is 0.286. The van der Waals surface area contributed by atoms with Gasteiger partial charge in [0.25, 0.3) is 5.56 Å². The number of aromatic amines is 1. The number of nitrogens with one attached hydrogen (secondary N) is 2. The quantitative estimate of drug-likeness (QED) is 0.846. The lowest BCUT2D eigenvalue weighted by molar-refractivity contribution is 0.702. The van der Waals surface area contributed by atoms with Crippen LogP contribution < -0.4 is 10.9 Å². The molecule has 2 N–H and O–H groups in total. The standard InChI is InChI=1S/C14H17N3O/c1-11(7-8-12-5-3-2-4-6-12)17-13-9-14(18)16-10-15-13/h2-6,9-11H,7-8H2,1H3,(H2,15,16,17,18). The topological polar surface area (TPSA) is 57.8 Å². The Bertz CT molecular complexity index is 536. The van der Waals surface area contributed by atoms with Crippen molar-refractivity contribution >= 4 is 5.82 Å². The maximum Gasteiger partial charge on any atom is 0.252 e. The van der Waals surface area contributed by atoms with E-state index >= 15 is 0 Å². The average Bonchev–Trinajstić information content (AvgIpc) is 2.38. The molecule has 0 radical (unpaired) electrons. The molecule has 0 fully saturated rings. The number of hydrogen-bond donors (Lipinski definition) is 2. The summed E-state index contributed by atoms with van der Waals surface area (Å²) in [7, 11) is 0. The van der Waals surface area contributed by atoms with Crippen LogP contribution in [-0.2, 0) is 6.42 Å². The summed E-state index contributed by atoms with van der Waals surface area (Å²) >= 11 is 0. The summed E-state index contributed by atoms with van der Waals surface area (Å²) in [6.07, 6.45) is 3.42. The van der Waals surface area contributed by atoms with Crippen molar-refractivity contribution in [2.45, 2.75) is 25.8 Å². The van der Waals surface area contributed by atoms with Crippen LogP contribution >= 0.6 is 0 Å². The Balaban J connectivity index is 1.86. The summed E-state index contributed by atoms with van der Waals surface area (Å²) in [4.78, 5) is 17.7. The van der Waals surface area contributed by atoms with Gasteiger partial charge in [0.15, 0.2) is 0 Å². The number of nitrogens with zero attached hydrogens (tertiary/aromatic N) is 1. The molecule has 18 heavy (non-hydrogen) atoms. The van der Waals surface area contributed by atoms with Crippen molar-refractivity contribution in [3.63, 3.8) is 0 Å². The first-order valence-electron chi connectivity index (χ1n) is 6.09. The third-order valence-electron chi connectivity index (χ3n) is 2.78. The highest BCUT2D eigenvalue weighted by molar-refractivity contribution is 5.32. The van der Waals surface area contributed by atoms with Crippen LogP contribution in [0.3, 0.4) is 0 Å². The van der Waals surface area contributed by atoms with Gasteiger partial charge in [0.05, 0.1) is 6.33 Å². The third-order valence-corrected chi connectivity index (χ3v) is 2.78. The van der Waals surface area contributed by atoms with Crippen LogP contribution in [0.25, 0.3) is 0 Å². The molecule has 0 aliphatic heterocycles. The molecule has 1 aromatic heterocycles. The van der Waals surface area contributed by atoms with Crippen LogP contribution in [-0.4, -0.2) is 16.0 Å². The predicted octanol–water partition coefficient (Wildman–Crippen LogP) is 2.20. The normalized spacial score (nSPS) is 12.1. The van der Waals surface area contributed by atoms with Gasteiger partial charge in [0.2, 0.25) is 0 Å². The zero-order valence-corrected chi connectivity index (χ0v) is 10.4. The zero-order valence-electron chi connectivity index (χ0n) is 10.4. The van der Waals surface area contributed by atoms with Crippen molar-refractivity contribution in [3.05, 3.63) is 58.6 Å². The SMILES string of the molecule is CC(CCc1ccccc1)Nc1cc(=O)[nH]cn1. The predicted molar refractivity (Wildman–Crippen MR) is 72.7 cm³/mol. The number of anilines is 1. The molecule has 0 amide bonds. The Morgan fingerprint density at radius 1 is 1.33 bits per heavy atom. The smallest absolute Gasteiger partial charge is 0.252 e. The van der Waals surface area contributed by atoms with E-state index in [1.165, 1.54) is 18.0 Å². The van der Waals surface area contributed by atoms with Gasteiger partial charge in [-0.3, -0.25) is 4.79 Å². The molecule has 1 atom stereocenters. The molecule has 0 bridgehead atoms. The van der Waals surface area contributed by atoms with Gasteiger partial charge in [-0.15, -0.1) is 0 Å². The Morgan fingerprint density at radius 3 is 2.83 bits per heavy atom. The van der Waals surface area contributed by atoms with Crippen LogP contribution in [0.5, 0.6) is 0 Å². The van der Waals surface area contributed by atoms with Gasteiger partial charge in [0.1, 0.15) is 5.82 Å². The summed E-state index contributed by atoms with van der Waals surface area (Å²) in [6, 6.07) is 12.1. The van der Waals surface area contributed by atoms with Gasteiger partial charge in [-0.2, -0.15) is 0 Å². The molecule has 4 heteroatoms. The van der Waals surface area contributed by atoms with Gasteiger partial charge in [-0.1, -0.05) is 30.3 Å². The molecule has 94 valence electrons. The Labute approximate surface area is 106 Å². The summed E-state index contributed by atoms with van der Waals surface area (Å²) in [5, 5.41) is 3.22. The molecule has 1 aromatic carbocycles. The van der Waals surface area contributed by atoms with Crippen molar-refractivity contribution in [2.24, 2.45) is 0 Å². The van der Waals surface area contributed by atoms with Crippen LogP contribution in [0.2, 0.25) is 0 Å². The van der Waals surface area contributed by atoms with Crippen molar-refractivity contribution in [2.75, 3.05) is 5.32 Å². The summed E-state index contributed by atoms with van der Waals surface area (Å²) in [5.41, 5.74) is 1.19. The van der Waals surface area contributed by atoms with E-state index in [-0.39, 0.29) is 11.6 Å². The third kappa shape index (κ3) is 3.73. The average molecular weight is 243 g/mol. The molecule has 4 nitrogen and oxygen atoms in total. The molecule has 0 aliphatic rings. The molecule has 0 saturated carbocycles. The molecule has 1 heterocycles. The van der Waals surface area contributed by atoms with E-state index in [1.54, 1.807) is 0 Å². The van der Waals surface area contributed by atoms with Crippen molar-refractivity contribution in [1.29, 1.82) is 0 Å². The fourth-order valence-corrected chi connectivity index (χ4v) is 1.80. The maximum absolute atomic E-state index is 11.1. The number of hydrogen-bond acceptors (Lipinski definition) is 3. The zero-order chi connectivity index (χ0) is 12.8. The molecule has 0 spiro atoms. The molecular weight excluding hydrogens is 226 g/mol. The number of aryl methyl sites for hydroxylation is 1. The molecule has 1 unspecified atom stereocenters. The molecular formula is C14H17N3O. The Morgan fingerprint density at radius 2 is 2.11 bits per heavy atom. The van der Waals surface area contributed by atoms with Gasteiger partial charge >= 0.3 is 0 Å². The lowest BCUT2D eigenvalue weighted by Gasteiger charge is -2.13. The van der Waals surface area contributed by atoms with E-state index in [0.717, 1.165) is 12.8 Å². The summed E-state index contributed by atoms with van der Waals surface area (Å²) < 4.78 is 0. The largest absolute Gasteiger partial charge is 0.367 e. The minimum Gasteiger partial charge on any atom is -0.367 e. The highest BCUT2D eigenvalue weighted by Crippen LogP contribution is 2.08. The highest BCUT2D eigenvalue weighted by Gasteiger charge is 2.03. The van der Waals surface area contributed by atoms with Crippen molar-refractivity contribution in [3.8, 4) is 0 Å². The molecule has 2 aromatic rings. The number of rotatable bonds is 5. The van der Waals surface area contributed by atoms with E-state index < -0.39 is 0 Å². The highest BCUT2D eigenvalue weighted by atomic mass is 16.1. The van der Waals surface area contributed by atoms with Gasteiger partial charge in [-0.25, -0.2) is 4.98 Å². The lowest BCUT2D eigenvalue weighted by atomic mass is 10.1. The van der Waals surface area contributed by atoms with Crippen molar-refractivity contribution in [1.82, 2.24) is 9.97 Å². The maximum atomic E-state index is 11.1. The summed E-state index contributed by atoms with van der Waals surface area (Å²) in [5.74, 6) is 0.624. The molecule has 0 saturated heterocycles. The van der Waals surface area contributed by atoms with E-state index in [0.29, 0.717) is 5.82 Å². The monoisotopic (exact) mass is 243 g/mol. The number of aromatic nitrogens is 2. The van der Waals surface area contributed by atoms with Crippen LogP contribution in [0.4, 0.5) is 5.82 Å². The van der Waals surface area contributed by atoms with Gasteiger partial charge in [0, 0.05) is 12.1 Å². The van der Waals surface area contributed by atoms with Gasteiger partial charge < -0.3 is 10.3 Å². The Kier molecular flexibility index (Phi) is 4.12. The van der Waals surface area contributed by atoms with Crippen LogP contribution in [0, 0.1) is 0 Å². The second-order valence-electron chi connectivity index (χ2n) is 4.37. The van der Waals surface area contributed by atoms with Crippen molar-refractivity contribution < 1.29 is 0 Å². The first-order valence-corrected chi connectivity index (χ1v) is 6.09. The minimum atomic E-state index is -0.136. The van der Waals surface area contributed by atoms with E-state index in [1.807, 2.05) is 18.2 Å². The number of H-pyrrole nitrogens is 1. The second-order valence-corrected chi connectivity index (χ2v) is 4.37. The number of benzene rings is 1. The second kappa shape index (κ2) is 6.00. The fourth-order valence-electron chi connectivity index (χ4n) is 1.80. The lowest BCUT2D eigenvalue weighted by Crippen LogP contribution is -2.18. The molecule has 2 rings (SSSR count). The van der Waals surface area contributed by atoms with E-state index in [9.17, 15) is 4.79 Å². The minimum absolute atomic E-state index is 0.136. The van der Waals surface area contributed by atoms with Crippen LogP contribution in [0.15, 0.2) is 47.5 Å².